The Morgan fingerprint density at radius 2 is 1.39 bits per heavy atom. The second kappa shape index (κ2) is 12.7. The monoisotopic (exact) mass is 452 g/mol. The van der Waals surface area contributed by atoms with Crippen LogP contribution in [0.3, 0.4) is 0 Å². The van der Waals surface area contributed by atoms with Crippen LogP contribution in [0, 0.1) is 0 Å². The maximum atomic E-state index is 12.7. The molecule has 4 heteroatoms. The summed E-state index contributed by atoms with van der Waals surface area (Å²) in [5.74, 6) is -0.719. The normalized spacial score (nSPS) is 15.9. The molecule has 0 saturated heterocycles. The van der Waals surface area contributed by atoms with E-state index in [-0.39, 0.29) is 17.6 Å². The van der Waals surface area contributed by atoms with Crippen molar-refractivity contribution in [1.82, 2.24) is 0 Å². The molecule has 0 bridgehead atoms. The van der Waals surface area contributed by atoms with E-state index in [1.807, 2.05) is 43.3 Å². The number of carbonyl (C=O) groups is 2. The number of hydrogen-bond acceptors (Lipinski definition) is 3. The Kier molecular flexibility index (Phi) is 10.3. The van der Waals surface area contributed by atoms with Crippen LogP contribution in [-0.4, -0.2) is 28.1 Å². The molecule has 0 amide bonds. The lowest BCUT2D eigenvalue weighted by atomic mass is 9.72. The molecule has 0 radical (unpaired) electrons. The number of aliphatic hydroxyl groups excluding tert-OH is 1. The predicted octanol–water partition coefficient (Wildman–Crippen LogP) is 6.45. The van der Waals surface area contributed by atoms with Gasteiger partial charge >= 0.3 is 5.97 Å². The van der Waals surface area contributed by atoms with Crippen molar-refractivity contribution in [1.29, 1.82) is 0 Å². The van der Waals surface area contributed by atoms with Crippen molar-refractivity contribution in [3.63, 3.8) is 0 Å². The Bertz CT molecular complexity index is 864. The second-order valence-corrected chi connectivity index (χ2v) is 9.80. The zero-order valence-electron chi connectivity index (χ0n) is 20.4. The number of rotatable bonds is 15. The Morgan fingerprint density at radius 1 is 0.818 bits per heavy atom. The molecule has 33 heavy (non-hydrogen) atoms. The minimum Gasteiger partial charge on any atom is -0.481 e. The van der Waals surface area contributed by atoms with Gasteiger partial charge in [-0.3, -0.25) is 9.59 Å². The summed E-state index contributed by atoms with van der Waals surface area (Å²) in [7, 11) is 0. The summed E-state index contributed by atoms with van der Waals surface area (Å²) in [5, 5.41) is 20.2. The van der Waals surface area contributed by atoms with Gasteiger partial charge in [-0.15, -0.1) is 0 Å². The molecule has 0 saturated carbocycles. The van der Waals surface area contributed by atoms with Gasteiger partial charge in [0.05, 0.1) is 6.10 Å². The molecule has 0 aliphatic rings. The van der Waals surface area contributed by atoms with Gasteiger partial charge in [0.15, 0.2) is 0 Å². The zero-order chi connectivity index (χ0) is 24.3. The summed E-state index contributed by atoms with van der Waals surface area (Å²) in [6.45, 7) is 6.38. The Labute approximate surface area is 199 Å². The molecule has 0 fully saturated rings. The molecule has 180 valence electrons. The molecule has 2 aromatic carbocycles. The summed E-state index contributed by atoms with van der Waals surface area (Å²) < 4.78 is 0. The highest BCUT2D eigenvalue weighted by molar-refractivity contribution is 5.78. The average molecular weight is 453 g/mol. The number of carboxylic acid groups (broad SMARTS) is 1. The molecule has 3 atom stereocenters. The first-order valence-corrected chi connectivity index (χ1v) is 12.2. The number of carboxylic acids is 1. The van der Waals surface area contributed by atoms with Crippen LogP contribution in [0.15, 0.2) is 60.7 Å². The van der Waals surface area contributed by atoms with Crippen LogP contribution in [0.5, 0.6) is 0 Å². The summed E-state index contributed by atoms with van der Waals surface area (Å²) in [4.78, 5) is 23.8. The summed E-state index contributed by atoms with van der Waals surface area (Å²) >= 11 is 0. The fourth-order valence-corrected chi connectivity index (χ4v) is 4.91. The summed E-state index contributed by atoms with van der Waals surface area (Å²) in [5.41, 5.74) is 1.60. The molecular formula is C29H40O4. The van der Waals surface area contributed by atoms with E-state index in [9.17, 15) is 19.8 Å². The highest BCUT2D eigenvalue weighted by Crippen LogP contribution is 2.36. The summed E-state index contributed by atoms with van der Waals surface area (Å²) in [6, 6.07) is 20.1. The first kappa shape index (κ1) is 26.8. The maximum absolute atomic E-state index is 12.7. The van der Waals surface area contributed by atoms with Crippen molar-refractivity contribution in [3.8, 4) is 0 Å². The van der Waals surface area contributed by atoms with Crippen LogP contribution >= 0.6 is 0 Å². The van der Waals surface area contributed by atoms with Gasteiger partial charge in [0.1, 0.15) is 5.78 Å². The molecule has 0 aromatic heterocycles. The smallest absolute Gasteiger partial charge is 0.303 e. The van der Waals surface area contributed by atoms with Gasteiger partial charge in [-0.05, 0) is 48.6 Å². The van der Waals surface area contributed by atoms with E-state index in [0.717, 1.165) is 31.2 Å². The first-order valence-electron chi connectivity index (χ1n) is 12.2. The lowest BCUT2D eigenvalue weighted by Crippen LogP contribution is -2.37. The number of ketones is 1. The van der Waals surface area contributed by atoms with E-state index in [0.29, 0.717) is 25.7 Å². The number of aliphatic hydroxyl groups is 1. The van der Waals surface area contributed by atoms with E-state index in [2.05, 4.69) is 38.1 Å². The molecule has 0 aliphatic heterocycles. The van der Waals surface area contributed by atoms with Gasteiger partial charge in [-0.1, -0.05) is 87.9 Å². The standard InChI is InChI=1S/C29H40O4/c1-4-20-28(2,23-12-7-5-8-13-23)21-11-16-25(30)17-18-26(31)29(3,22-19-27(32)33)24-14-9-6-10-15-24/h5-10,12-15,26,31H,4,11,16-22H2,1-3H3,(H,32,33). The minimum atomic E-state index is -0.881. The third kappa shape index (κ3) is 7.82. The largest absolute Gasteiger partial charge is 0.481 e. The van der Waals surface area contributed by atoms with Crippen LogP contribution in [-0.2, 0) is 20.4 Å². The van der Waals surface area contributed by atoms with Crippen LogP contribution in [0.25, 0.3) is 0 Å². The zero-order valence-corrected chi connectivity index (χ0v) is 20.4. The fraction of sp³-hybridized carbons (Fsp3) is 0.517. The van der Waals surface area contributed by atoms with E-state index in [1.54, 1.807) is 0 Å². The number of benzene rings is 2. The Morgan fingerprint density at radius 3 is 1.94 bits per heavy atom. The van der Waals surface area contributed by atoms with Crippen molar-refractivity contribution in [3.05, 3.63) is 71.8 Å². The Balaban J connectivity index is 1.93. The topological polar surface area (TPSA) is 74.6 Å². The number of Topliss-reactive ketones (excluding diaryl/α,β-unsaturated/α-hetero) is 1. The quantitative estimate of drug-likeness (QED) is 0.326. The van der Waals surface area contributed by atoms with Gasteiger partial charge in [-0.25, -0.2) is 0 Å². The van der Waals surface area contributed by atoms with Crippen molar-refractivity contribution in [2.75, 3.05) is 0 Å². The SMILES string of the molecule is CCCC(C)(CCCC(=O)CCC(O)C(C)(CCC(=O)O)c1ccccc1)c1ccccc1. The molecule has 0 heterocycles. The van der Waals surface area contributed by atoms with Crippen LogP contribution in [0.1, 0.15) is 89.7 Å². The van der Waals surface area contributed by atoms with Crippen molar-refractivity contribution < 1.29 is 19.8 Å². The molecule has 2 aromatic rings. The van der Waals surface area contributed by atoms with Crippen molar-refractivity contribution in [2.45, 2.75) is 95.5 Å². The molecule has 4 nitrogen and oxygen atoms in total. The molecule has 0 aliphatic carbocycles. The first-order chi connectivity index (χ1) is 15.7. The highest BCUT2D eigenvalue weighted by Gasteiger charge is 2.35. The van der Waals surface area contributed by atoms with Crippen molar-refractivity contribution >= 4 is 11.8 Å². The lowest BCUT2D eigenvalue weighted by molar-refractivity contribution is -0.137. The number of carbonyl (C=O) groups excluding carboxylic acids is 1. The minimum absolute atomic E-state index is 0.0219. The summed E-state index contributed by atoms with van der Waals surface area (Å²) in [6.07, 6.45) is 4.66. The molecule has 0 spiro atoms. The van der Waals surface area contributed by atoms with E-state index in [4.69, 9.17) is 0 Å². The molecule has 2 N–H and O–H groups in total. The molecular weight excluding hydrogens is 412 g/mol. The van der Waals surface area contributed by atoms with Gasteiger partial charge in [0, 0.05) is 24.7 Å². The molecule has 2 rings (SSSR count). The van der Waals surface area contributed by atoms with Crippen LogP contribution in [0.2, 0.25) is 0 Å². The van der Waals surface area contributed by atoms with E-state index in [1.165, 1.54) is 5.56 Å². The lowest BCUT2D eigenvalue weighted by Gasteiger charge is -2.35. The van der Waals surface area contributed by atoms with Crippen molar-refractivity contribution in [2.24, 2.45) is 0 Å². The van der Waals surface area contributed by atoms with E-state index < -0.39 is 17.5 Å². The van der Waals surface area contributed by atoms with Gasteiger partial charge in [0.25, 0.3) is 0 Å². The van der Waals surface area contributed by atoms with Gasteiger partial charge in [-0.2, -0.15) is 0 Å². The van der Waals surface area contributed by atoms with Crippen LogP contribution < -0.4 is 0 Å². The van der Waals surface area contributed by atoms with Gasteiger partial charge in [0.2, 0.25) is 0 Å². The highest BCUT2D eigenvalue weighted by atomic mass is 16.4. The average Bonchev–Trinajstić information content (AvgIpc) is 2.82. The predicted molar refractivity (Wildman–Crippen MR) is 133 cm³/mol. The Hall–Kier alpha value is -2.46. The fourth-order valence-electron chi connectivity index (χ4n) is 4.91. The van der Waals surface area contributed by atoms with E-state index >= 15 is 0 Å². The number of aliphatic carboxylic acids is 1. The third-order valence-electron chi connectivity index (χ3n) is 7.18. The van der Waals surface area contributed by atoms with Gasteiger partial charge < -0.3 is 10.2 Å². The second-order valence-electron chi connectivity index (χ2n) is 9.80. The number of hydrogen-bond donors (Lipinski definition) is 2. The third-order valence-corrected chi connectivity index (χ3v) is 7.18. The molecule has 3 unspecified atom stereocenters. The maximum Gasteiger partial charge on any atom is 0.303 e. The van der Waals surface area contributed by atoms with Crippen LogP contribution in [0.4, 0.5) is 0 Å².